The van der Waals surface area contributed by atoms with Crippen molar-refractivity contribution in [2.45, 2.75) is 39.3 Å². The van der Waals surface area contributed by atoms with Crippen molar-refractivity contribution >= 4 is 18.0 Å². The van der Waals surface area contributed by atoms with Crippen LogP contribution in [0.4, 0.5) is 15.4 Å². The van der Waals surface area contributed by atoms with Crippen LogP contribution in [0.3, 0.4) is 0 Å². The summed E-state index contributed by atoms with van der Waals surface area (Å²) in [6.45, 7) is 7.06. The second kappa shape index (κ2) is 7.76. The van der Waals surface area contributed by atoms with Crippen molar-refractivity contribution in [3.05, 3.63) is 24.5 Å². The van der Waals surface area contributed by atoms with Crippen molar-refractivity contribution in [3.8, 4) is 5.82 Å². The minimum atomic E-state index is -0.659. The highest BCUT2D eigenvalue weighted by Gasteiger charge is 2.22. The minimum Gasteiger partial charge on any atom is -0.453 e. The molecule has 0 saturated heterocycles. The van der Waals surface area contributed by atoms with Gasteiger partial charge in [-0.25, -0.2) is 24.5 Å². The lowest BCUT2D eigenvalue weighted by Gasteiger charge is -2.21. The maximum atomic E-state index is 11.9. The molecule has 2 aromatic rings. The number of methoxy groups -OCH3 is 1. The third kappa shape index (κ3) is 5.13. The lowest BCUT2D eigenvalue weighted by Crippen LogP contribution is -2.35. The first-order chi connectivity index (χ1) is 12.2. The smallest absolute Gasteiger partial charge is 0.412 e. The van der Waals surface area contributed by atoms with Gasteiger partial charge in [-0.1, -0.05) is 0 Å². The molecule has 0 saturated carbocycles. The van der Waals surface area contributed by atoms with E-state index >= 15 is 0 Å². The highest BCUT2D eigenvalue weighted by molar-refractivity contribution is 5.83. The summed E-state index contributed by atoms with van der Waals surface area (Å²) in [5, 5.41) is 9.23. The number of alkyl carbamates (subject to hydrolysis) is 1. The number of nitrogens with one attached hydrogen (secondary N) is 2. The second-order valence-corrected chi connectivity index (χ2v) is 6.28. The average molecular weight is 363 g/mol. The van der Waals surface area contributed by atoms with E-state index in [-0.39, 0.29) is 5.82 Å². The van der Waals surface area contributed by atoms with Gasteiger partial charge in [0.25, 0.3) is 0 Å². The van der Waals surface area contributed by atoms with Crippen molar-refractivity contribution in [2.75, 3.05) is 12.4 Å². The summed E-state index contributed by atoms with van der Waals surface area (Å²) in [6, 6.07) is 0.995. The van der Waals surface area contributed by atoms with E-state index in [0.717, 1.165) is 0 Å². The maximum absolute atomic E-state index is 11.9. The number of amides is 2. The molecule has 0 bridgehead atoms. The molecule has 2 aromatic heterocycles. The third-order valence-electron chi connectivity index (χ3n) is 2.98. The molecule has 1 atom stereocenters. The molecule has 2 heterocycles. The Hall–Kier alpha value is -3.24. The number of aromatic nitrogens is 5. The normalized spacial score (nSPS) is 12.2. The first-order valence-corrected chi connectivity index (χ1v) is 7.76. The topological polar surface area (TPSA) is 133 Å². The maximum Gasteiger partial charge on any atom is 0.412 e. The molecular weight excluding hydrogens is 342 g/mol. The van der Waals surface area contributed by atoms with E-state index in [4.69, 9.17) is 4.74 Å². The number of carbonyl (C=O) groups excluding carboxylic acids is 2. The molecule has 0 aliphatic rings. The quantitative estimate of drug-likeness (QED) is 0.840. The number of hydrogen-bond acceptors (Lipinski definition) is 8. The highest BCUT2D eigenvalue weighted by Crippen LogP contribution is 2.16. The number of anilines is 1. The van der Waals surface area contributed by atoms with Crippen LogP contribution < -0.4 is 10.6 Å². The van der Waals surface area contributed by atoms with Gasteiger partial charge in [0, 0.05) is 6.07 Å². The molecule has 2 rings (SSSR count). The number of ether oxygens (including phenoxy) is 2. The summed E-state index contributed by atoms with van der Waals surface area (Å²) in [6.07, 6.45) is 1.36. The number of rotatable bonds is 4. The monoisotopic (exact) mass is 363 g/mol. The van der Waals surface area contributed by atoms with Crippen LogP contribution in [0.25, 0.3) is 5.82 Å². The van der Waals surface area contributed by atoms with Crippen LogP contribution in [-0.4, -0.2) is 49.6 Å². The van der Waals surface area contributed by atoms with Crippen LogP contribution in [-0.2, 0) is 9.47 Å². The van der Waals surface area contributed by atoms with Gasteiger partial charge in [0.2, 0.25) is 0 Å². The summed E-state index contributed by atoms with van der Waals surface area (Å²) in [7, 11) is 1.25. The largest absolute Gasteiger partial charge is 0.453 e. The lowest BCUT2D eigenvalue weighted by atomic mass is 10.2. The van der Waals surface area contributed by atoms with E-state index in [9.17, 15) is 9.59 Å². The fourth-order valence-electron chi connectivity index (χ4n) is 1.96. The van der Waals surface area contributed by atoms with Gasteiger partial charge in [-0.15, -0.1) is 0 Å². The minimum absolute atomic E-state index is 0.232. The first-order valence-electron chi connectivity index (χ1n) is 7.76. The molecule has 0 unspecified atom stereocenters. The molecule has 0 radical (unpaired) electrons. The Bertz CT molecular complexity index is 784. The zero-order valence-corrected chi connectivity index (χ0v) is 15.2. The van der Waals surface area contributed by atoms with E-state index in [1.807, 2.05) is 0 Å². The zero-order chi connectivity index (χ0) is 19.3. The van der Waals surface area contributed by atoms with Crippen LogP contribution in [0, 0.1) is 0 Å². The van der Waals surface area contributed by atoms with Crippen molar-refractivity contribution in [1.82, 2.24) is 30.0 Å². The molecule has 0 aliphatic heterocycles. The lowest BCUT2D eigenvalue weighted by molar-refractivity contribution is 0.0505. The Morgan fingerprint density at radius 3 is 2.54 bits per heavy atom. The Balaban J connectivity index is 2.18. The average Bonchev–Trinajstić information content (AvgIpc) is 3.02. The van der Waals surface area contributed by atoms with Crippen LogP contribution in [0.1, 0.15) is 39.6 Å². The summed E-state index contributed by atoms with van der Waals surface area (Å²) < 4.78 is 11.2. The molecule has 11 nitrogen and oxygen atoms in total. The van der Waals surface area contributed by atoms with Crippen molar-refractivity contribution < 1.29 is 19.1 Å². The predicted octanol–water partition coefficient (Wildman–Crippen LogP) is 1.82. The molecule has 0 aliphatic carbocycles. The van der Waals surface area contributed by atoms with Gasteiger partial charge in [0.15, 0.2) is 11.6 Å². The molecular formula is C15H21N7O4. The molecule has 0 aromatic carbocycles. The third-order valence-corrected chi connectivity index (χ3v) is 2.98. The van der Waals surface area contributed by atoms with E-state index in [2.05, 4.69) is 35.4 Å². The van der Waals surface area contributed by atoms with Crippen molar-refractivity contribution in [2.24, 2.45) is 0 Å². The Morgan fingerprint density at radius 1 is 1.15 bits per heavy atom. The van der Waals surface area contributed by atoms with Crippen molar-refractivity contribution in [1.29, 1.82) is 0 Å². The van der Waals surface area contributed by atoms with Gasteiger partial charge >= 0.3 is 12.2 Å². The molecule has 0 fully saturated rings. The van der Waals surface area contributed by atoms with Crippen LogP contribution in [0.15, 0.2) is 18.7 Å². The molecule has 0 spiro atoms. The van der Waals surface area contributed by atoms with Crippen LogP contribution in [0.5, 0.6) is 0 Å². The predicted molar refractivity (Wildman–Crippen MR) is 90.8 cm³/mol. The second-order valence-electron chi connectivity index (χ2n) is 6.28. The first kappa shape index (κ1) is 19.1. The van der Waals surface area contributed by atoms with Gasteiger partial charge in [-0.05, 0) is 27.7 Å². The summed E-state index contributed by atoms with van der Waals surface area (Å²) in [5.74, 6) is 1.02. The standard InChI is InChI=1S/C15H21N7O4/c1-9(20-14(24)26-15(2,3)4)12-18-8-19-22(12)11-6-10(16-7-17-11)21-13(23)25-5/h6-9H,1-5H3,(H,20,24)(H,16,17,21,23)/t9-/m0/s1. The number of carbonyl (C=O) groups is 2. The van der Waals surface area contributed by atoms with Crippen molar-refractivity contribution in [3.63, 3.8) is 0 Å². The molecule has 11 heteroatoms. The fourth-order valence-corrected chi connectivity index (χ4v) is 1.96. The van der Waals surface area contributed by atoms with Gasteiger partial charge in [0.05, 0.1) is 13.2 Å². The van der Waals surface area contributed by atoms with Gasteiger partial charge < -0.3 is 14.8 Å². The Labute approximate surface area is 150 Å². The van der Waals surface area contributed by atoms with Gasteiger partial charge in [-0.3, -0.25) is 5.32 Å². The Kier molecular flexibility index (Phi) is 5.70. The van der Waals surface area contributed by atoms with Gasteiger partial charge in [-0.2, -0.15) is 9.78 Å². The number of hydrogen-bond donors (Lipinski definition) is 2. The highest BCUT2D eigenvalue weighted by atomic mass is 16.6. The molecule has 140 valence electrons. The van der Waals surface area contributed by atoms with E-state index < -0.39 is 23.8 Å². The SMILES string of the molecule is COC(=O)Nc1cc(-n2ncnc2[C@H](C)NC(=O)OC(C)(C)C)ncn1. The molecule has 26 heavy (non-hydrogen) atoms. The van der Waals surface area contributed by atoms with E-state index in [1.54, 1.807) is 27.7 Å². The van der Waals surface area contributed by atoms with E-state index in [1.165, 1.54) is 30.5 Å². The van der Waals surface area contributed by atoms with Crippen LogP contribution in [0.2, 0.25) is 0 Å². The van der Waals surface area contributed by atoms with Crippen LogP contribution >= 0.6 is 0 Å². The van der Waals surface area contributed by atoms with E-state index in [0.29, 0.717) is 11.6 Å². The molecule has 2 N–H and O–H groups in total. The zero-order valence-electron chi connectivity index (χ0n) is 15.2. The summed E-state index contributed by atoms with van der Waals surface area (Å²) in [4.78, 5) is 35.4. The summed E-state index contributed by atoms with van der Waals surface area (Å²) in [5.41, 5.74) is -0.613. The molecule has 2 amide bonds. The Morgan fingerprint density at radius 2 is 1.88 bits per heavy atom. The van der Waals surface area contributed by atoms with Gasteiger partial charge in [0.1, 0.15) is 24.1 Å². The fraction of sp³-hybridized carbons (Fsp3) is 0.467. The summed E-state index contributed by atoms with van der Waals surface area (Å²) >= 11 is 0. The number of nitrogens with zero attached hydrogens (tertiary/aromatic N) is 5.